The van der Waals surface area contributed by atoms with Gasteiger partial charge in [-0.25, -0.2) is 13.4 Å². The van der Waals surface area contributed by atoms with Gasteiger partial charge in [0, 0.05) is 29.6 Å². The lowest BCUT2D eigenvalue weighted by atomic mass is 9.91. The zero-order valence-corrected chi connectivity index (χ0v) is 17.4. The number of thiophene rings is 1. The molecule has 0 aliphatic heterocycles. The van der Waals surface area contributed by atoms with Crippen molar-refractivity contribution in [2.24, 2.45) is 4.99 Å². The van der Waals surface area contributed by atoms with E-state index in [1.807, 2.05) is 6.92 Å². The summed E-state index contributed by atoms with van der Waals surface area (Å²) in [7, 11) is -3.17. The number of hydrogen-bond acceptors (Lipinski definition) is 4. The van der Waals surface area contributed by atoms with E-state index in [0.717, 1.165) is 24.6 Å². The summed E-state index contributed by atoms with van der Waals surface area (Å²) < 4.78 is 23.1. The summed E-state index contributed by atoms with van der Waals surface area (Å²) >= 11 is 1.76. The van der Waals surface area contributed by atoms with Crippen LogP contribution in [0.4, 0.5) is 0 Å². The van der Waals surface area contributed by atoms with Crippen molar-refractivity contribution in [1.29, 1.82) is 0 Å². The summed E-state index contributed by atoms with van der Waals surface area (Å²) in [6.45, 7) is 8.48. The fourth-order valence-electron chi connectivity index (χ4n) is 2.41. The van der Waals surface area contributed by atoms with Crippen molar-refractivity contribution in [1.82, 2.24) is 10.6 Å². The first-order chi connectivity index (χ1) is 12.2. The van der Waals surface area contributed by atoms with Crippen LogP contribution in [0, 0.1) is 0 Å². The number of benzene rings is 1. The maximum Gasteiger partial charge on any atom is 0.191 e. The minimum atomic E-state index is -3.17. The molecule has 0 aliphatic rings. The molecule has 0 aliphatic carbocycles. The predicted octanol–water partition coefficient (Wildman–Crippen LogP) is 3.18. The van der Waals surface area contributed by atoms with Gasteiger partial charge in [-0.1, -0.05) is 32.0 Å². The van der Waals surface area contributed by atoms with Crippen LogP contribution in [0.2, 0.25) is 0 Å². The van der Waals surface area contributed by atoms with E-state index in [-0.39, 0.29) is 5.41 Å². The van der Waals surface area contributed by atoms with Crippen molar-refractivity contribution >= 4 is 27.1 Å². The molecule has 26 heavy (non-hydrogen) atoms. The normalized spacial score (nSPS) is 12.8. The molecule has 0 amide bonds. The van der Waals surface area contributed by atoms with Gasteiger partial charge in [0.05, 0.1) is 11.4 Å². The van der Waals surface area contributed by atoms with Crippen LogP contribution in [0.1, 0.15) is 31.2 Å². The van der Waals surface area contributed by atoms with Crippen LogP contribution in [0.15, 0.2) is 51.7 Å². The van der Waals surface area contributed by atoms with Gasteiger partial charge in [0.25, 0.3) is 0 Å². The fraction of sp³-hybridized carbons (Fsp3) is 0.421. The summed E-state index contributed by atoms with van der Waals surface area (Å²) in [5, 5.41) is 8.75. The Balaban J connectivity index is 2.02. The zero-order chi connectivity index (χ0) is 19.2. The van der Waals surface area contributed by atoms with Gasteiger partial charge in [0.1, 0.15) is 0 Å². The largest absolute Gasteiger partial charge is 0.357 e. The summed E-state index contributed by atoms with van der Waals surface area (Å²) in [6, 6.07) is 11.1. The van der Waals surface area contributed by atoms with E-state index in [1.165, 1.54) is 11.1 Å². The summed E-state index contributed by atoms with van der Waals surface area (Å²) in [4.78, 5) is 6.27. The Bertz CT molecular complexity index is 824. The molecule has 0 unspecified atom stereocenters. The lowest BCUT2D eigenvalue weighted by Crippen LogP contribution is -2.43. The van der Waals surface area contributed by atoms with Crippen LogP contribution < -0.4 is 10.6 Å². The van der Waals surface area contributed by atoms with Crippen molar-refractivity contribution in [3.8, 4) is 0 Å². The van der Waals surface area contributed by atoms with Crippen LogP contribution in [0.5, 0.6) is 0 Å². The van der Waals surface area contributed by atoms with E-state index in [4.69, 9.17) is 0 Å². The minimum absolute atomic E-state index is 0.0154. The number of hydrogen-bond donors (Lipinski definition) is 2. The standard InChI is InChI=1S/C19H27N3O2S2/c1-5-20-18(22-14-19(2,3)17-7-6-12-25-17)21-13-15-8-10-16(11-9-15)26(4,23)24/h6-12H,5,13-14H2,1-4H3,(H2,20,21,22). The third kappa shape index (κ3) is 5.85. The van der Waals surface area contributed by atoms with Crippen molar-refractivity contribution in [2.75, 3.05) is 19.3 Å². The van der Waals surface area contributed by atoms with Crippen LogP contribution in [-0.4, -0.2) is 33.7 Å². The van der Waals surface area contributed by atoms with Gasteiger partial charge in [-0.05, 0) is 36.1 Å². The van der Waals surface area contributed by atoms with Crippen LogP contribution in [0.3, 0.4) is 0 Å². The molecule has 2 N–H and O–H groups in total. The molecular formula is C19H27N3O2S2. The Labute approximate surface area is 160 Å². The fourth-order valence-corrected chi connectivity index (χ4v) is 3.89. The zero-order valence-electron chi connectivity index (χ0n) is 15.7. The number of rotatable bonds is 7. The highest BCUT2D eigenvalue weighted by Crippen LogP contribution is 2.26. The second-order valence-corrected chi connectivity index (χ2v) is 9.79. The molecular weight excluding hydrogens is 366 g/mol. The molecule has 0 spiro atoms. The summed E-state index contributed by atoms with van der Waals surface area (Å²) in [5.41, 5.74) is 0.980. The first-order valence-corrected chi connectivity index (χ1v) is 11.3. The average molecular weight is 394 g/mol. The second-order valence-electron chi connectivity index (χ2n) is 6.83. The molecule has 2 aromatic rings. The molecule has 0 bridgehead atoms. The predicted molar refractivity (Wildman–Crippen MR) is 110 cm³/mol. The maximum absolute atomic E-state index is 11.5. The first-order valence-electron chi connectivity index (χ1n) is 8.57. The maximum atomic E-state index is 11.5. The van der Waals surface area contributed by atoms with Gasteiger partial charge in [-0.2, -0.15) is 0 Å². The SMILES string of the molecule is CCNC(=NCc1ccc(S(C)(=O)=O)cc1)NCC(C)(C)c1cccs1. The quantitative estimate of drug-likeness (QED) is 0.560. The Kier molecular flexibility index (Phi) is 6.83. The van der Waals surface area contributed by atoms with E-state index >= 15 is 0 Å². The monoisotopic (exact) mass is 393 g/mol. The highest BCUT2D eigenvalue weighted by molar-refractivity contribution is 7.90. The topological polar surface area (TPSA) is 70.6 Å². The molecule has 0 atom stereocenters. The molecule has 1 aromatic heterocycles. The van der Waals surface area contributed by atoms with Crippen molar-refractivity contribution in [3.63, 3.8) is 0 Å². The lowest BCUT2D eigenvalue weighted by molar-refractivity contribution is 0.518. The Morgan fingerprint density at radius 1 is 1.15 bits per heavy atom. The highest BCUT2D eigenvalue weighted by Gasteiger charge is 2.21. The van der Waals surface area contributed by atoms with E-state index in [2.05, 4.69) is 47.0 Å². The van der Waals surface area contributed by atoms with E-state index in [0.29, 0.717) is 11.4 Å². The number of nitrogens with zero attached hydrogens (tertiary/aromatic N) is 1. The minimum Gasteiger partial charge on any atom is -0.357 e. The molecule has 7 heteroatoms. The molecule has 1 heterocycles. The van der Waals surface area contributed by atoms with Crippen LogP contribution >= 0.6 is 11.3 Å². The van der Waals surface area contributed by atoms with Gasteiger partial charge >= 0.3 is 0 Å². The molecule has 1 aromatic carbocycles. The highest BCUT2D eigenvalue weighted by atomic mass is 32.2. The molecule has 5 nitrogen and oxygen atoms in total. The Morgan fingerprint density at radius 3 is 2.38 bits per heavy atom. The van der Waals surface area contributed by atoms with Gasteiger partial charge in [-0.15, -0.1) is 11.3 Å². The molecule has 142 valence electrons. The molecule has 0 saturated heterocycles. The Morgan fingerprint density at radius 2 is 1.85 bits per heavy atom. The molecule has 0 saturated carbocycles. The van der Waals surface area contributed by atoms with Crippen LogP contribution in [0.25, 0.3) is 0 Å². The smallest absolute Gasteiger partial charge is 0.191 e. The lowest BCUT2D eigenvalue weighted by Gasteiger charge is -2.25. The van der Waals surface area contributed by atoms with Gasteiger partial charge < -0.3 is 10.6 Å². The van der Waals surface area contributed by atoms with Crippen molar-refractivity contribution in [3.05, 3.63) is 52.2 Å². The van der Waals surface area contributed by atoms with Gasteiger partial charge in [-0.3, -0.25) is 0 Å². The summed E-state index contributed by atoms with van der Waals surface area (Å²) in [5.74, 6) is 0.754. The molecule has 0 radical (unpaired) electrons. The number of aliphatic imine (C=N–C) groups is 1. The van der Waals surface area contributed by atoms with Gasteiger partial charge in [0.15, 0.2) is 15.8 Å². The summed E-state index contributed by atoms with van der Waals surface area (Å²) in [6.07, 6.45) is 1.21. The van der Waals surface area contributed by atoms with E-state index in [9.17, 15) is 8.42 Å². The number of nitrogens with one attached hydrogen (secondary N) is 2. The Hall–Kier alpha value is -1.86. The first kappa shape index (κ1) is 20.5. The third-order valence-electron chi connectivity index (χ3n) is 4.00. The van der Waals surface area contributed by atoms with Crippen molar-refractivity contribution in [2.45, 2.75) is 37.6 Å². The molecule has 0 fully saturated rings. The second kappa shape index (κ2) is 8.68. The molecule has 2 rings (SSSR count). The average Bonchev–Trinajstić information content (AvgIpc) is 3.12. The van der Waals surface area contributed by atoms with Crippen molar-refractivity contribution < 1.29 is 8.42 Å². The van der Waals surface area contributed by atoms with Crippen LogP contribution in [-0.2, 0) is 21.8 Å². The van der Waals surface area contributed by atoms with E-state index < -0.39 is 9.84 Å². The number of sulfone groups is 1. The third-order valence-corrected chi connectivity index (χ3v) is 6.37. The van der Waals surface area contributed by atoms with E-state index in [1.54, 1.807) is 35.6 Å². The number of guanidine groups is 1. The van der Waals surface area contributed by atoms with Gasteiger partial charge in [0.2, 0.25) is 0 Å².